The first-order valence-electron chi connectivity index (χ1n) is 6.22. The quantitative estimate of drug-likeness (QED) is 0.619. The zero-order chi connectivity index (χ0) is 15.2. The second kappa shape index (κ2) is 7.29. The number of halogens is 2. The molecule has 1 aromatic heterocycles. The van der Waals surface area contributed by atoms with Crippen molar-refractivity contribution >= 4 is 29.2 Å². The van der Waals surface area contributed by atoms with Crippen LogP contribution in [0.3, 0.4) is 0 Å². The molecule has 0 aliphatic rings. The van der Waals surface area contributed by atoms with Crippen LogP contribution in [0.4, 0.5) is 0 Å². The van der Waals surface area contributed by atoms with Crippen molar-refractivity contribution in [1.29, 1.82) is 0 Å². The molecule has 0 aliphatic carbocycles. The highest BCUT2D eigenvalue weighted by Crippen LogP contribution is 2.18. The molecule has 2 rings (SSSR count). The van der Waals surface area contributed by atoms with Gasteiger partial charge in [0.2, 0.25) is 0 Å². The van der Waals surface area contributed by atoms with Gasteiger partial charge in [0.25, 0.3) is 0 Å². The van der Waals surface area contributed by atoms with Crippen molar-refractivity contribution in [2.45, 2.75) is 6.42 Å². The fourth-order valence-corrected chi connectivity index (χ4v) is 2.07. The van der Waals surface area contributed by atoms with Gasteiger partial charge in [-0.05, 0) is 36.4 Å². The Morgan fingerprint density at radius 1 is 1.14 bits per heavy atom. The van der Waals surface area contributed by atoms with E-state index in [2.05, 4.69) is 9.72 Å². The molecule has 1 heterocycles. The average molecular weight is 326 g/mol. The van der Waals surface area contributed by atoms with Gasteiger partial charge in [-0.3, -0.25) is 0 Å². The van der Waals surface area contributed by atoms with Crippen molar-refractivity contribution in [2.24, 2.45) is 0 Å². The lowest BCUT2D eigenvalue weighted by atomic mass is 10.2. The monoisotopic (exact) mass is 325 g/mol. The van der Waals surface area contributed by atoms with Gasteiger partial charge >= 0.3 is 5.97 Å². The topological polar surface area (TPSA) is 48.4 Å². The molecule has 0 N–H and O–H groups in total. The molecular weight excluding hydrogens is 313 g/mol. The summed E-state index contributed by atoms with van der Waals surface area (Å²) < 4.78 is 10.2. The Morgan fingerprint density at radius 2 is 1.86 bits per heavy atom. The molecule has 0 aliphatic heterocycles. The first-order valence-corrected chi connectivity index (χ1v) is 6.98. The zero-order valence-electron chi connectivity index (χ0n) is 11.3. The molecule has 0 spiro atoms. The summed E-state index contributed by atoms with van der Waals surface area (Å²) in [7, 11) is 1.34. The minimum atomic E-state index is -0.378. The second-order valence-electron chi connectivity index (χ2n) is 4.18. The summed E-state index contributed by atoms with van der Waals surface area (Å²) >= 11 is 11.8. The number of esters is 1. The van der Waals surface area contributed by atoms with Gasteiger partial charge in [-0.1, -0.05) is 23.2 Å². The molecule has 0 unspecified atom stereocenters. The van der Waals surface area contributed by atoms with E-state index in [1.165, 1.54) is 7.11 Å². The van der Waals surface area contributed by atoms with Crippen LogP contribution in [-0.4, -0.2) is 24.7 Å². The molecule has 0 saturated heterocycles. The highest BCUT2D eigenvalue weighted by atomic mass is 35.5. The van der Waals surface area contributed by atoms with Crippen LogP contribution < -0.4 is 4.74 Å². The van der Waals surface area contributed by atoms with E-state index in [-0.39, 0.29) is 5.97 Å². The van der Waals surface area contributed by atoms with E-state index in [0.29, 0.717) is 40.2 Å². The summed E-state index contributed by atoms with van der Waals surface area (Å²) in [5, 5.41) is 0.959. The maximum atomic E-state index is 11.3. The number of ether oxygens (including phenoxy) is 2. The van der Waals surface area contributed by atoms with Crippen LogP contribution in [0.1, 0.15) is 16.1 Å². The molecule has 2 aromatic rings. The number of aromatic nitrogens is 1. The third-order valence-corrected chi connectivity index (χ3v) is 3.32. The smallest absolute Gasteiger partial charge is 0.337 e. The van der Waals surface area contributed by atoms with E-state index in [9.17, 15) is 4.79 Å². The van der Waals surface area contributed by atoms with Crippen LogP contribution in [0, 0.1) is 0 Å². The van der Waals surface area contributed by atoms with Crippen LogP contribution in [0.25, 0.3) is 0 Å². The number of hydrogen-bond acceptors (Lipinski definition) is 4. The first kappa shape index (κ1) is 15.6. The fraction of sp³-hybridized carbons (Fsp3) is 0.200. The Labute approximate surface area is 132 Å². The van der Waals surface area contributed by atoms with Crippen LogP contribution in [0.5, 0.6) is 5.75 Å². The lowest BCUT2D eigenvalue weighted by Crippen LogP contribution is -2.04. The predicted octanol–water partition coefficient (Wildman–Crippen LogP) is 3.80. The third kappa shape index (κ3) is 4.34. The van der Waals surface area contributed by atoms with E-state index in [4.69, 9.17) is 27.9 Å². The number of rotatable bonds is 5. The molecule has 6 heteroatoms. The Morgan fingerprint density at radius 3 is 2.52 bits per heavy atom. The molecule has 0 atom stereocenters. The van der Waals surface area contributed by atoms with Gasteiger partial charge in [0.1, 0.15) is 10.9 Å². The van der Waals surface area contributed by atoms with Crippen molar-refractivity contribution < 1.29 is 14.3 Å². The van der Waals surface area contributed by atoms with Gasteiger partial charge in [0.05, 0.1) is 30.0 Å². The molecular formula is C15H13Cl2NO3. The van der Waals surface area contributed by atoms with Gasteiger partial charge in [-0.25, -0.2) is 9.78 Å². The highest BCUT2D eigenvalue weighted by Gasteiger charge is 2.06. The van der Waals surface area contributed by atoms with Crippen LogP contribution >= 0.6 is 23.2 Å². The Bertz CT molecular complexity index is 629. The number of carbonyl (C=O) groups excluding carboxylic acids is 1. The zero-order valence-corrected chi connectivity index (χ0v) is 12.8. The largest absolute Gasteiger partial charge is 0.493 e. The predicted molar refractivity (Wildman–Crippen MR) is 81.2 cm³/mol. The van der Waals surface area contributed by atoms with Gasteiger partial charge in [-0.15, -0.1) is 0 Å². The van der Waals surface area contributed by atoms with Crippen molar-refractivity contribution in [3.05, 3.63) is 57.8 Å². The number of hydrogen-bond donors (Lipinski definition) is 0. The molecule has 21 heavy (non-hydrogen) atoms. The molecule has 1 aromatic carbocycles. The highest BCUT2D eigenvalue weighted by molar-refractivity contribution is 6.32. The van der Waals surface area contributed by atoms with Gasteiger partial charge in [0.15, 0.2) is 0 Å². The minimum absolute atomic E-state index is 0.378. The second-order valence-corrected chi connectivity index (χ2v) is 4.97. The number of pyridine rings is 1. The van der Waals surface area contributed by atoms with Crippen LogP contribution in [0.15, 0.2) is 36.4 Å². The summed E-state index contributed by atoms with van der Waals surface area (Å²) in [5.41, 5.74) is 1.17. The number of carbonyl (C=O) groups is 1. The van der Waals surface area contributed by atoms with Crippen molar-refractivity contribution in [3.63, 3.8) is 0 Å². The summed E-state index contributed by atoms with van der Waals surface area (Å²) in [6.07, 6.45) is 0.540. The van der Waals surface area contributed by atoms with Crippen molar-refractivity contribution in [3.8, 4) is 5.75 Å². The molecule has 0 fully saturated rings. The normalized spacial score (nSPS) is 10.2. The van der Waals surface area contributed by atoms with Crippen LogP contribution in [0.2, 0.25) is 10.2 Å². The molecule has 0 saturated carbocycles. The van der Waals surface area contributed by atoms with E-state index in [1.54, 1.807) is 36.4 Å². The van der Waals surface area contributed by atoms with E-state index in [0.717, 1.165) is 0 Å². The molecule has 110 valence electrons. The maximum Gasteiger partial charge on any atom is 0.337 e. The molecule has 0 radical (unpaired) electrons. The summed E-state index contributed by atoms with van der Waals surface area (Å²) in [6, 6.07) is 10.0. The number of nitrogens with zero attached hydrogens (tertiary/aromatic N) is 1. The molecule has 4 nitrogen and oxygen atoms in total. The summed E-state index contributed by atoms with van der Waals surface area (Å²) in [4.78, 5) is 15.4. The van der Waals surface area contributed by atoms with E-state index < -0.39 is 0 Å². The Kier molecular flexibility index (Phi) is 5.42. The number of methoxy groups -OCH3 is 1. The van der Waals surface area contributed by atoms with Crippen molar-refractivity contribution in [1.82, 2.24) is 4.98 Å². The van der Waals surface area contributed by atoms with Crippen LogP contribution in [-0.2, 0) is 11.2 Å². The molecule has 0 amide bonds. The summed E-state index contributed by atoms with van der Waals surface area (Å²) in [5.74, 6) is 0.275. The summed E-state index contributed by atoms with van der Waals surface area (Å²) in [6.45, 7) is 0.407. The number of benzene rings is 1. The van der Waals surface area contributed by atoms with Gasteiger partial charge in [0, 0.05) is 6.42 Å². The van der Waals surface area contributed by atoms with E-state index in [1.807, 2.05) is 0 Å². The molecule has 0 bridgehead atoms. The lowest BCUT2D eigenvalue weighted by Gasteiger charge is -2.07. The Balaban J connectivity index is 1.91. The van der Waals surface area contributed by atoms with Gasteiger partial charge < -0.3 is 9.47 Å². The lowest BCUT2D eigenvalue weighted by molar-refractivity contribution is 0.0600. The van der Waals surface area contributed by atoms with Crippen molar-refractivity contribution in [2.75, 3.05) is 13.7 Å². The van der Waals surface area contributed by atoms with Gasteiger partial charge in [-0.2, -0.15) is 0 Å². The SMILES string of the molecule is COC(=O)c1ccc(OCCc2nc(Cl)ccc2Cl)cc1. The van der Waals surface area contributed by atoms with E-state index >= 15 is 0 Å². The standard InChI is InChI=1S/C15H13Cl2NO3/c1-20-15(19)10-2-4-11(5-3-10)21-9-8-13-12(16)6-7-14(17)18-13/h2-7H,8-9H2,1H3. The Hall–Kier alpha value is -1.78. The fourth-order valence-electron chi connectivity index (χ4n) is 1.70. The minimum Gasteiger partial charge on any atom is -0.493 e. The average Bonchev–Trinajstić information content (AvgIpc) is 2.50. The third-order valence-electron chi connectivity index (χ3n) is 2.77. The first-order chi connectivity index (χ1) is 10.1. The maximum absolute atomic E-state index is 11.3.